The third-order valence-corrected chi connectivity index (χ3v) is 4.86. The number of ether oxygens (including phenoxy) is 2. The van der Waals surface area contributed by atoms with Gasteiger partial charge in [0.1, 0.15) is 11.5 Å². The van der Waals surface area contributed by atoms with Crippen LogP contribution in [0.25, 0.3) is 0 Å². The van der Waals surface area contributed by atoms with Crippen LogP contribution in [0.1, 0.15) is 36.5 Å². The van der Waals surface area contributed by atoms with E-state index < -0.39 is 0 Å². The number of hydrogen-bond donors (Lipinski definition) is 3. The molecule has 2 aromatic carbocycles. The minimum atomic E-state index is -0.0711. The lowest BCUT2D eigenvalue weighted by Crippen LogP contribution is -2.36. The summed E-state index contributed by atoms with van der Waals surface area (Å²) in [5.74, 6) is 2.19. The van der Waals surface area contributed by atoms with Crippen LogP contribution in [0.15, 0.2) is 47.5 Å². The molecule has 0 atom stereocenters. The van der Waals surface area contributed by atoms with E-state index >= 15 is 0 Å². The molecule has 1 aliphatic rings. The first-order valence-corrected chi connectivity index (χ1v) is 10.7. The fraction of sp³-hybridized carbons (Fsp3) is 0.417. The third kappa shape index (κ3) is 8.57. The number of aliphatic imine (C=N–C) groups is 1. The van der Waals surface area contributed by atoms with Gasteiger partial charge in [-0.05, 0) is 56.0 Å². The fourth-order valence-corrected chi connectivity index (χ4v) is 3.07. The molecule has 0 unspecified atom stereocenters. The smallest absolute Gasteiger partial charge is 0.258 e. The number of aryl methyl sites for hydroxylation is 1. The molecule has 0 spiro atoms. The highest BCUT2D eigenvalue weighted by Gasteiger charge is 2.23. The number of rotatable bonds is 10. The summed E-state index contributed by atoms with van der Waals surface area (Å²) in [4.78, 5) is 16.1. The second-order valence-electron chi connectivity index (χ2n) is 7.60. The number of nitrogens with zero attached hydrogens (tertiary/aromatic N) is 1. The van der Waals surface area contributed by atoms with Crippen molar-refractivity contribution < 1.29 is 14.3 Å². The first-order valence-electron chi connectivity index (χ1n) is 10.7. The quantitative estimate of drug-likeness (QED) is 0.239. The van der Waals surface area contributed by atoms with E-state index in [2.05, 4.69) is 40.0 Å². The van der Waals surface area contributed by atoms with Crippen LogP contribution in [-0.2, 0) is 17.9 Å². The van der Waals surface area contributed by atoms with Gasteiger partial charge in [-0.25, -0.2) is 0 Å². The van der Waals surface area contributed by atoms with E-state index in [0.717, 1.165) is 29.7 Å². The molecular formula is C24H33IN4O3. The molecule has 1 saturated carbocycles. The zero-order valence-corrected chi connectivity index (χ0v) is 21.3. The molecule has 8 heteroatoms. The van der Waals surface area contributed by atoms with Gasteiger partial charge in [-0.1, -0.05) is 24.3 Å². The van der Waals surface area contributed by atoms with Gasteiger partial charge in [0.25, 0.3) is 5.91 Å². The second-order valence-corrected chi connectivity index (χ2v) is 7.60. The van der Waals surface area contributed by atoms with Crippen molar-refractivity contribution in [3.05, 3.63) is 59.2 Å². The Hall–Kier alpha value is -2.49. The average molecular weight is 552 g/mol. The van der Waals surface area contributed by atoms with E-state index in [1.54, 1.807) is 7.05 Å². The summed E-state index contributed by atoms with van der Waals surface area (Å²) in [6, 6.07) is 14.2. The van der Waals surface area contributed by atoms with E-state index in [4.69, 9.17) is 9.47 Å². The number of nitrogens with one attached hydrogen (secondary N) is 3. The summed E-state index contributed by atoms with van der Waals surface area (Å²) in [5, 5.41) is 9.56. The monoisotopic (exact) mass is 552 g/mol. The summed E-state index contributed by atoms with van der Waals surface area (Å²) in [6.45, 7) is 5.89. The molecule has 0 radical (unpaired) electrons. The molecule has 1 aliphatic carbocycles. The maximum Gasteiger partial charge on any atom is 0.258 e. The molecule has 0 heterocycles. The van der Waals surface area contributed by atoms with Gasteiger partial charge < -0.3 is 25.4 Å². The molecule has 32 heavy (non-hydrogen) atoms. The van der Waals surface area contributed by atoms with Gasteiger partial charge in [0.05, 0.1) is 6.61 Å². The lowest BCUT2D eigenvalue weighted by molar-refractivity contribution is -0.123. The van der Waals surface area contributed by atoms with Gasteiger partial charge >= 0.3 is 0 Å². The van der Waals surface area contributed by atoms with Crippen LogP contribution in [0.4, 0.5) is 0 Å². The van der Waals surface area contributed by atoms with Crippen molar-refractivity contribution in [2.24, 2.45) is 4.99 Å². The maximum absolute atomic E-state index is 11.8. The number of hydrogen-bond acceptors (Lipinski definition) is 4. The van der Waals surface area contributed by atoms with Gasteiger partial charge in [0, 0.05) is 31.7 Å². The molecule has 3 rings (SSSR count). The number of carbonyl (C=O) groups excluding carboxylic acids is 1. The van der Waals surface area contributed by atoms with Crippen LogP contribution < -0.4 is 25.4 Å². The third-order valence-electron chi connectivity index (χ3n) is 4.86. The molecule has 7 nitrogen and oxygen atoms in total. The van der Waals surface area contributed by atoms with Gasteiger partial charge in [0.2, 0.25) is 0 Å². The highest BCUT2D eigenvalue weighted by molar-refractivity contribution is 14.0. The fourth-order valence-electron chi connectivity index (χ4n) is 3.07. The van der Waals surface area contributed by atoms with Gasteiger partial charge in [0.15, 0.2) is 12.6 Å². The Balaban J connectivity index is 0.00000363. The highest BCUT2D eigenvalue weighted by atomic mass is 127. The number of carbonyl (C=O) groups is 1. The van der Waals surface area contributed by atoms with Crippen LogP contribution >= 0.6 is 24.0 Å². The molecule has 0 bridgehead atoms. The molecule has 3 N–H and O–H groups in total. The zero-order valence-electron chi connectivity index (χ0n) is 18.9. The zero-order chi connectivity index (χ0) is 22.1. The van der Waals surface area contributed by atoms with Crippen molar-refractivity contribution in [2.45, 2.75) is 45.8 Å². The molecule has 0 aromatic heterocycles. The van der Waals surface area contributed by atoms with Crippen molar-refractivity contribution in [2.75, 3.05) is 20.3 Å². The molecular weight excluding hydrogens is 519 g/mol. The second kappa shape index (κ2) is 13.1. The van der Waals surface area contributed by atoms with Gasteiger partial charge in [-0.3, -0.25) is 9.79 Å². The molecule has 2 aromatic rings. The first kappa shape index (κ1) is 25.8. The number of benzene rings is 2. The summed E-state index contributed by atoms with van der Waals surface area (Å²) in [6.07, 6.45) is 2.14. The summed E-state index contributed by atoms with van der Waals surface area (Å²) in [7, 11) is 1.74. The molecule has 1 fully saturated rings. The SMILES string of the molecule is CCOc1cc(C)ccc1CNC(=NC)NCc1cccc(OCC(=O)NC2CC2)c1.I. The number of guanidine groups is 1. The van der Waals surface area contributed by atoms with E-state index in [9.17, 15) is 4.79 Å². The van der Waals surface area contributed by atoms with Crippen molar-refractivity contribution in [1.29, 1.82) is 0 Å². The largest absolute Gasteiger partial charge is 0.494 e. The predicted octanol–water partition coefficient (Wildman–Crippen LogP) is 3.53. The van der Waals surface area contributed by atoms with E-state index in [1.807, 2.05) is 37.3 Å². The van der Waals surface area contributed by atoms with Crippen LogP contribution in [0.3, 0.4) is 0 Å². The predicted molar refractivity (Wildman–Crippen MR) is 138 cm³/mol. The van der Waals surface area contributed by atoms with Crippen LogP contribution in [-0.4, -0.2) is 38.2 Å². The van der Waals surface area contributed by atoms with Crippen LogP contribution in [0, 0.1) is 6.92 Å². The summed E-state index contributed by atoms with van der Waals surface area (Å²) < 4.78 is 11.4. The Morgan fingerprint density at radius 1 is 1.09 bits per heavy atom. The number of halogens is 1. The Labute approximate surface area is 207 Å². The topological polar surface area (TPSA) is 84.0 Å². The average Bonchev–Trinajstić information content (AvgIpc) is 3.58. The molecule has 0 saturated heterocycles. The Morgan fingerprint density at radius 2 is 1.88 bits per heavy atom. The Bertz CT molecular complexity index is 916. The Kier molecular flexibility index (Phi) is 10.6. The van der Waals surface area contributed by atoms with Crippen molar-refractivity contribution >= 4 is 35.8 Å². The Morgan fingerprint density at radius 3 is 2.59 bits per heavy atom. The minimum absolute atomic E-state index is 0. The highest BCUT2D eigenvalue weighted by Crippen LogP contribution is 2.20. The minimum Gasteiger partial charge on any atom is -0.494 e. The van der Waals surface area contributed by atoms with Crippen LogP contribution in [0.2, 0.25) is 0 Å². The summed E-state index contributed by atoms with van der Waals surface area (Å²) in [5.41, 5.74) is 3.28. The molecule has 1 amide bonds. The van der Waals surface area contributed by atoms with E-state index in [-0.39, 0.29) is 36.5 Å². The van der Waals surface area contributed by atoms with Gasteiger partial charge in [-0.2, -0.15) is 0 Å². The van der Waals surface area contributed by atoms with Crippen LogP contribution in [0.5, 0.6) is 11.5 Å². The lowest BCUT2D eigenvalue weighted by atomic mass is 10.1. The van der Waals surface area contributed by atoms with E-state index in [0.29, 0.717) is 37.4 Å². The van der Waals surface area contributed by atoms with Crippen molar-refractivity contribution in [3.8, 4) is 11.5 Å². The number of amides is 1. The van der Waals surface area contributed by atoms with Gasteiger partial charge in [-0.15, -0.1) is 24.0 Å². The lowest BCUT2D eigenvalue weighted by Gasteiger charge is -2.15. The maximum atomic E-state index is 11.8. The molecule has 0 aliphatic heterocycles. The standard InChI is InChI=1S/C24H32N4O3.HI/c1-4-30-22-12-17(2)8-9-19(22)15-27-24(25-3)26-14-18-6-5-7-21(13-18)31-16-23(29)28-20-10-11-20;/h5-9,12-13,20H,4,10-11,14-16H2,1-3H3,(H,28,29)(H2,25,26,27);1H. The normalized spacial score (nSPS) is 13.0. The first-order chi connectivity index (χ1) is 15.1. The van der Waals surface area contributed by atoms with Crippen molar-refractivity contribution in [1.82, 2.24) is 16.0 Å². The molecule has 174 valence electrons. The van der Waals surface area contributed by atoms with Crippen molar-refractivity contribution in [3.63, 3.8) is 0 Å². The van der Waals surface area contributed by atoms with E-state index in [1.165, 1.54) is 5.56 Å². The summed E-state index contributed by atoms with van der Waals surface area (Å²) >= 11 is 0.